The zero-order chi connectivity index (χ0) is 19.2. The maximum Gasteiger partial charge on any atom is 0.262 e. The molecular formula is C21H15F2NO3. The van der Waals surface area contributed by atoms with Crippen LogP contribution in [-0.2, 0) is 4.79 Å². The van der Waals surface area contributed by atoms with E-state index >= 15 is 0 Å². The van der Waals surface area contributed by atoms with Crippen LogP contribution in [-0.4, -0.2) is 18.3 Å². The van der Waals surface area contributed by atoms with E-state index < -0.39 is 17.5 Å². The Balaban J connectivity index is 1.56. The van der Waals surface area contributed by atoms with Crippen LogP contribution >= 0.6 is 0 Å². The third-order valence-electron chi connectivity index (χ3n) is 3.70. The van der Waals surface area contributed by atoms with Crippen LogP contribution < -0.4 is 10.1 Å². The van der Waals surface area contributed by atoms with Crippen molar-refractivity contribution in [2.45, 2.75) is 0 Å². The van der Waals surface area contributed by atoms with E-state index in [-0.39, 0.29) is 12.4 Å². The van der Waals surface area contributed by atoms with E-state index in [1.807, 2.05) is 0 Å². The molecule has 0 saturated heterocycles. The number of ketones is 1. The maximum atomic E-state index is 13.1. The van der Waals surface area contributed by atoms with Crippen LogP contribution in [0.2, 0.25) is 0 Å². The van der Waals surface area contributed by atoms with Crippen molar-refractivity contribution in [1.29, 1.82) is 0 Å². The van der Waals surface area contributed by atoms with Crippen LogP contribution in [0.15, 0.2) is 72.8 Å². The first-order chi connectivity index (χ1) is 13.0. The lowest BCUT2D eigenvalue weighted by Crippen LogP contribution is -2.20. The van der Waals surface area contributed by atoms with Gasteiger partial charge in [0.1, 0.15) is 17.4 Å². The molecule has 0 aliphatic heterocycles. The number of carbonyl (C=O) groups is 2. The molecule has 0 aromatic heterocycles. The Morgan fingerprint density at radius 3 is 2.07 bits per heavy atom. The average Bonchev–Trinajstić information content (AvgIpc) is 2.67. The highest BCUT2D eigenvalue weighted by Crippen LogP contribution is 2.16. The quantitative estimate of drug-likeness (QED) is 0.664. The zero-order valence-electron chi connectivity index (χ0n) is 14.1. The largest absolute Gasteiger partial charge is 0.484 e. The predicted molar refractivity (Wildman–Crippen MR) is 96.8 cm³/mol. The number of rotatable bonds is 6. The zero-order valence-corrected chi connectivity index (χ0v) is 14.1. The van der Waals surface area contributed by atoms with E-state index in [1.54, 1.807) is 30.3 Å². The Hall–Kier alpha value is -3.54. The summed E-state index contributed by atoms with van der Waals surface area (Å²) in [6.45, 7) is -0.262. The molecular weight excluding hydrogens is 352 g/mol. The summed E-state index contributed by atoms with van der Waals surface area (Å²) in [5.74, 6) is -1.14. The molecule has 0 aliphatic rings. The summed E-state index contributed by atoms with van der Waals surface area (Å²) in [6.07, 6.45) is 0. The normalized spacial score (nSPS) is 10.3. The van der Waals surface area contributed by atoms with Crippen molar-refractivity contribution in [3.05, 3.63) is 95.6 Å². The summed E-state index contributed by atoms with van der Waals surface area (Å²) in [5, 5.41) is 2.52. The van der Waals surface area contributed by atoms with E-state index in [9.17, 15) is 18.4 Å². The summed E-state index contributed by atoms with van der Waals surface area (Å²) in [6, 6.07) is 17.1. The van der Waals surface area contributed by atoms with Gasteiger partial charge in [-0.15, -0.1) is 0 Å². The second-order valence-electron chi connectivity index (χ2n) is 5.71. The molecule has 0 radical (unpaired) electrons. The minimum Gasteiger partial charge on any atom is -0.484 e. The fraction of sp³-hybridized carbons (Fsp3) is 0.0476. The maximum absolute atomic E-state index is 13.1. The molecule has 0 spiro atoms. The molecule has 3 rings (SSSR count). The summed E-state index contributed by atoms with van der Waals surface area (Å²) < 4.78 is 31.4. The van der Waals surface area contributed by atoms with Gasteiger partial charge in [-0.1, -0.05) is 6.07 Å². The molecule has 0 aliphatic carbocycles. The Bertz CT molecular complexity index is 954. The lowest BCUT2D eigenvalue weighted by molar-refractivity contribution is -0.118. The smallest absolute Gasteiger partial charge is 0.262 e. The van der Waals surface area contributed by atoms with Crippen molar-refractivity contribution in [3.63, 3.8) is 0 Å². The molecule has 3 aromatic carbocycles. The van der Waals surface area contributed by atoms with Gasteiger partial charge in [0.2, 0.25) is 0 Å². The van der Waals surface area contributed by atoms with E-state index in [2.05, 4.69) is 5.32 Å². The molecule has 0 unspecified atom stereocenters. The fourth-order valence-electron chi connectivity index (χ4n) is 2.38. The number of halogens is 2. The van der Waals surface area contributed by atoms with E-state index in [0.717, 1.165) is 0 Å². The van der Waals surface area contributed by atoms with Gasteiger partial charge in [-0.2, -0.15) is 0 Å². The minimum absolute atomic E-state index is 0.245. The van der Waals surface area contributed by atoms with Crippen molar-refractivity contribution >= 4 is 17.4 Å². The van der Waals surface area contributed by atoms with Gasteiger partial charge in [0, 0.05) is 16.8 Å². The number of anilines is 1. The first-order valence-electron chi connectivity index (χ1n) is 8.10. The molecule has 1 amide bonds. The van der Waals surface area contributed by atoms with Gasteiger partial charge in [-0.25, -0.2) is 8.78 Å². The summed E-state index contributed by atoms with van der Waals surface area (Å²) in [4.78, 5) is 24.1. The summed E-state index contributed by atoms with van der Waals surface area (Å²) in [7, 11) is 0. The second kappa shape index (κ2) is 8.23. The lowest BCUT2D eigenvalue weighted by Gasteiger charge is -2.08. The van der Waals surface area contributed by atoms with E-state index in [0.29, 0.717) is 22.6 Å². The third kappa shape index (κ3) is 4.98. The number of carbonyl (C=O) groups excluding carboxylic acids is 2. The number of amides is 1. The predicted octanol–water partition coefficient (Wildman–Crippen LogP) is 4.21. The highest BCUT2D eigenvalue weighted by molar-refractivity contribution is 6.09. The number of hydrogen-bond donors (Lipinski definition) is 1. The topological polar surface area (TPSA) is 55.4 Å². The van der Waals surface area contributed by atoms with Crippen LogP contribution in [0.25, 0.3) is 0 Å². The van der Waals surface area contributed by atoms with Crippen molar-refractivity contribution < 1.29 is 23.1 Å². The number of nitrogens with one attached hydrogen (secondary N) is 1. The van der Waals surface area contributed by atoms with Crippen molar-refractivity contribution in [2.75, 3.05) is 11.9 Å². The molecule has 136 valence electrons. The summed E-state index contributed by atoms with van der Waals surface area (Å²) >= 11 is 0. The molecule has 0 bridgehead atoms. The van der Waals surface area contributed by atoms with Gasteiger partial charge >= 0.3 is 0 Å². The molecule has 27 heavy (non-hydrogen) atoms. The molecule has 6 heteroatoms. The number of benzene rings is 3. The Morgan fingerprint density at radius 2 is 1.44 bits per heavy atom. The summed E-state index contributed by atoms with van der Waals surface area (Å²) in [5.41, 5.74) is 1.13. The lowest BCUT2D eigenvalue weighted by atomic mass is 10.0. The SMILES string of the molecule is O=C(COc1ccc(C(=O)c2ccc(F)cc2)cc1)Nc1cccc(F)c1. The third-order valence-corrected chi connectivity index (χ3v) is 3.70. The molecule has 1 N–H and O–H groups in total. The first kappa shape index (κ1) is 18.3. The molecule has 0 fully saturated rings. The van der Waals surface area contributed by atoms with E-state index in [4.69, 9.17) is 4.74 Å². The van der Waals surface area contributed by atoms with Gasteiger partial charge in [-0.05, 0) is 66.7 Å². The molecule has 0 atom stereocenters. The minimum atomic E-state index is -0.449. The molecule has 0 saturated carbocycles. The highest BCUT2D eigenvalue weighted by atomic mass is 19.1. The van der Waals surface area contributed by atoms with Gasteiger partial charge < -0.3 is 10.1 Å². The van der Waals surface area contributed by atoms with Crippen LogP contribution in [0.1, 0.15) is 15.9 Å². The first-order valence-corrected chi connectivity index (χ1v) is 8.10. The monoisotopic (exact) mass is 367 g/mol. The molecule has 3 aromatic rings. The highest BCUT2D eigenvalue weighted by Gasteiger charge is 2.10. The Labute approximate surface area is 154 Å². The number of ether oxygens (including phenoxy) is 1. The average molecular weight is 367 g/mol. The second-order valence-corrected chi connectivity index (χ2v) is 5.71. The van der Waals surface area contributed by atoms with Gasteiger partial charge in [-0.3, -0.25) is 9.59 Å². The van der Waals surface area contributed by atoms with Crippen LogP contribution in [0.3, 0.4) is 0 Å². The van der Waals surface area contributed by atoms with Gasteiger partial charge in [0.15, 0.2) is 12.4 Å². The van der Waals surface area contributed by atoms with E-state index in [1.165, 1.54) is 42.5 Å². The van der Waals surface area contributed by atoms with Crippen molar-refractivity contribution in [1.82, 2.24) is 0 Å². The van der Waals surface area contributed by atoms with Gasteiger partial charge in [0.05, 0.1) is 0 Å². The van der Waals surface area contributed by atoms with Crippen molar-refractivity contribution in [2.24, 2.45) is 0 Å². The van der Waals surface area contributed by atoms with Crippen LogP contribution in [0.5, 0.6) is 5.75 Å². The van der Waals surface area contributed by atoms with Gasteiger partial charge in [0.25, 0.3) is 5.91 Å². The molecule has 4 nitrogen and oxygen atoms in total. The van der Waals surface area contributed by atoms with Crippen LogP contribution in [0, 0.1) is 11.6 Å². The Kier molecular flexibility index (Phi) is 5.56. The Morgan fingerprint density at radius 1 is 0.815 bits per heavy atom. The standard InChI is InChI=1S/C21H15F2NO3/c22-16-8-4-14(5-9-16)21(26)15-6-10-19(11-7-15)27-13-20(25)24-18-3-1-2-17(23)12-18/h1-12H,13H2,(H,24,25). The number of hydrogen-bond acceptors (Lipinski definition) is 3. The molecule has 0 heterocycles. The van der Waals surface area contributed by atoms with Crippen molar-refractivity contribution in [3.8, 4) is 5.75 Å². The fourth-order valence-corrected chi connectivity index (χ4v) is 2.38. The van der Waals surface area contributed by atoms with Crippen LogP contribution in [0.4, 0.5) is 14.5 Å².